The summed E-state index contributed by atoms with van der Waals surface area (Å²) in [6.07, 6.45) is 6.58. The molecule has 1 unspecified atom stereocenters. The Labute approximate surface area is 62.4 Å². The highest BCUT2D eigenvalue weighted by Gasteiger charge is 2.35. The standard InChI is InChI=1S/C8H15N2/c1-2-6-9-8(4-1)5-3-7-10-8/h9H,1-7H2. The van der Waals surface area contributed by atoms with Crippen molar-refractivity contribution in [1.82, 2.24) is 10.6 Å². The normalized spacial score (nSPS) is 40.8. The van der Waals surface area contributed by atoms with Gasteiger partial charge in [0, 0.05) is 6.54 Å². The van der Waals surface area contributed by atoms with Crippen molar-refractivity contribution in [3.05, 3.63) is 0 Å². The van der Waals surface area contributed by atoms with E-state index in [0.717, 1.165) is 6.54 Å². The first kappa shape index (κ1) is 6.62. The van der Waals surface area contributed by atoms with Gasteiger partial charge in [-0.3, -0.25) is 5.32 Å². The Hall–Kier alpha value is -0.0800. The molecule has 2 nitrogen and oxygen atoms in total. The van der Waals surface area contributed by atoms with E-state index in [1.807, 2.05) is 0 Å². The average molecular weight is 139 g/mol. The van der Waals surface area contributed by atoms with Crippen molar-refractivity contribution in [3.63, 3.8) is 0 Å². The van der Waals surface area contributed by atoms with Crippen LogP contribution in [0.2, 0.25) is 0 Å². The molecule has 0 aliphatic carbocycles. The Morgan fingerprint density at radius 3 is 2.60 bits per heavy atom. The second-order valence-electron chi connectivity index (χ2n) is 3.40. The van der Waals surface area contributed by atoms with Gasteiger partial charge in [0.2, 0.25) is 0 Å². The Morgan fingerprint density at radius 2 is 2.00 bits per heavy atom. The fraction of sp³-hybridized carbons (Fsp3) is 1.00. The minimum Gasteiger partial charge on any atom is -0.298 e. The average Bonchev–Trinajstić information content (AvgIpc) is 2.39. The third kappa shape index (κ3) is 1.06. The number of piperidine rings is 1. The van der Waals surface area contributed by atoms with Gasteiger partial charge in [-0.05, 0) is 38.6 Å². The zero-order valence-corrected chi connectivity index (χ0v) is 6.40. The quantitative estimate of drug-likeness (QED) is 0.529. The molecule has 2 heteroatoms. The minimum atomic E-state index is 0.248. The second-order valence-corrected chi connectivity index (χ2v) is 3.40. The number of rotatable bonds is 0. The van der Waals surface area contributed by atoms with Gasteiger partial charge in [-0.2, -0.15) is 0 Å². The molecule has 2 heterocycles. The van der Waals surface area contributed by atoms with Crippen molar-refractivity contribution in [2.24, 2.45) is 0 Å². The second kappa shape index (κ2) is 2.51. The summed E-state index contributed by atoms with van der Waals surface area (Å²) < 4.78 is 0. The van der Waals surface area contributed by atoms with Crippen LogP contribution in [0.25, 0.3) is 0 Å². The molecule has 57 valence electrons. The number of hydrogen-bond donors (Lipinski definition) is 1. The summed E-state index contributed by atoms with van der Waals surface area (Å²) in [5.74, 6) is 0. The maximum absolute atomic E-state index is 4.62. The van der Waals surface area contributed by atoms with E-state index in [0.29, 0.717) is 0 Å². The highest BCUT2D eigenvalue weighted by atomic mass is 15.2. The molecule has 10 heavy (non-hydrogen) atoms. The predicted molar refractivity (Wildman–Crippen MR) is 40.8 cm³/mol. The Morgan fingerprint density at radius 1 is 1.10 bits per heavy atom. The van der Waals surface area contributed by atoms with Crippen molar-refractivity contribution in [2.45, 2.75) is 37.8 Å². The van der Waals surface area contributed by atoms with Crippen LogP contribution in [0, 0.1) is 0 Å². The molecule has 1 atom stereocenters. The molecule has 1 spiro atoms. The van der Waals surface area contributed by atoms with Gasteiger partial charge in [0.15, 0.2) is 0 Å². The predicted octanol–water partition coefficient (Wildman–Crippen LogP) is 0.854. The smallest absolute Gasteiger partial charge is 0.0849 e. The fourth-order valence-electron chi connectivity index (χ4n) is 2.04. The molecule has 2 fully saturated rings. The first-order chi connectivity index (χ1) is 4.91. The van der Waals surface area contributed by atoms with E-state index in [9.17, 15) is 0 Å². The molecule has 2 aliphatic rings. The summed E-state index contributed by atoms with van der Waals surface area (Å²) >= 11 is 0. The summed E-state index contributed by atoms with van der Waals surface area (Å²) in [4.78, 5) is 0. The van der Waals surface area contributed by atoms with Gasteiger partial charge in [-0.15, -0.1) is 0 Å². The molecule has 0 aromatic carbocycles. The largest absolute Gasteiger partial charge is 0.298 e. The molecule has 0 amide bonds. The molecular weight excluding hydrogens is 124 g/mol. The summed E-state index contributed by atoms with van der Waals surface area (Å²) in [5.41, 5.74) is 0.248. The van der Waals surface area contributed by atoms with E-state index in [-0.39, 0.29) is 5.66 Å². The lowest BCUT2D eigenvalue weighted by molar-refractivity contribution is 0.226. The van der Waals surface area contributed by atoms with E-state index in [1.165, 1.54) is 38.6 Å². The zero-order chi connectivity index (χ0) is 6.86. The topological polar surface area (TPSA) is 26.1 Å². The van der Waals surface area contributed by atoms with Crippen LogP contribution in [0.3, 0.4) is 0 Å². The zero-order valence-electron chi connectivity index (χ0n) is 6.40. The van der Waals surface area contributed by atoms with Crippen LogP contribution in [0.4, 0.5) is 0 Å². The maximum Gasteiger partial charge on any atom is 0.0849 e. The lowest BCUT2D eigenvalue weighted by Gasteiger charge is -2.33. The molecular formula is C8H15N2. The van der Waals surface area contributed by atoms with Crippen molar-refractivity contribution < 1.29 is 0 Å². The number of nitrogens with zero attached hydrogens (tertiary/aromatic N) is 1. The van der Waals surface area contributed by atoms with Gasteiger partial charge in [0.05, 0.1) is 5.66 Å². The molecule has 0 aromatic heterocycles. The van der Waals surface area contributed by atoms with E-state index < -0.39 is 0 Å². The monoisotopic (exact) mass is 139 g/mol. The molecule has 0 aromatic rings. The van der Waals surface area contributed by atoms with Crippen molar-refractivity contribution in [3.8, 4) is 0 Å². The summed E-state index contributed by atoms with van der Waals surface area (Å²) in [5, 5.41) is 8.14. The molecule has 0 saturated carbocycles. The highest BCUT2D eigenvalue weighted by Crippen LogP contribution is 2.26. The van der Waals surface area contributed by atoms with E-state index in [4.69, 9.17) is 0 Å². The van der Waals surface area contributed by atoms with Gasteiger partial charge in [-0.25, -0.2) is 5.32 Å². The molecule has 1 radical (unpaired) electrons. The summed E-state index contributed by atoms with van der Waals surface area (Å²) in [6.45, 7) is 2.27. The van der Waals surface area contributed by atoms with Crippen molar-refractivity contribution in [2.75, 3.05) is 13.1 Å². The molecule has 2 aliphatic heterocycles. The third-order valence-corrected chi connectivity index (χ3v) is 2.63. The van der Waals surface area contributed by atoms with Gasteiger partial charge < -0.3 is 0 Å². The van der Waals surface area contributed by atoms with Crippen LogP contribution in [0.1, 0.15) is 32.1 Å². The third-order valence-electron chi connectivity index (χ3n) is 2.63. The SMILES string of the molecule is C1CCC2(CCC[N]2)NC1. The van der Waals surface area contributed by atoms with E-state index >= 15 is 0 Å². The lowest BCUT2D eigenvalue weighted by atomic mass is 9.96. The van der Waals surface area contributed by atoms with Crippen molar-refractivity contribution in [1.29, 1.82) is 0 Å². The van der Waals surface area contributed by atoms with Crippen LogP contribution in [0.5, 0.6) is 0 Å². The van der Waals surface area contributed by atoms with E-state index in [1.54, 1.807) is 0 Å². The van der Waals surface area contributed by atoms with Gasteiger partial charge in [-0.1, -0.05) is 0 Å². The molecule has 2 rings (SSSR count). The van der Waals surface area contributed by atoms with Crippen molar-refractivity contribution >= 4 is 0 Å². The van der Waals surface area contributed by atoms with Gasteiger partial charge in [0.25, 0.3) is 0 Å². The number of hydrogen-bond acceptors (Lipinski definition) is 1. The Kier molecular flexibility index (Phi) is 1.66. The summed E-state index contributed by atoms with van der Waals surface area (Å²) in [6, 6.07) is 0. The van der Waals surface area contributed by atoms with E-state index in [2.05, 4.69) is 10.6 Å². The molecule has 0 bridgehead atoms. The minimum absolute atomic E-state index is 0.248. The fourth-order valence-corrected chi connectivity index (χ4v) is 2.04. The highest BCUT2D eigenvalue weighted by molar-refractivity contribution is 4.92. The van der Waals surface area contributed by atoms with Crippen LogP contribution in [-0.2, 0) is 0 Å². The molecule has 2 saturated heterocycles. The summed E-state index contributed by atoms with van der Waals surface area (Å²) in [7, 11) is 0. The Balaban J connectivity index is 1.98. The van der Waals surface area contributed by atoms with Crippen LogP contribution < -0.4 is 10.6 Å². The van der Waals surface area contributed by atoms with Gasteiger partial charge >= 0.3 is 0 Å². The van der Waals surface area contributed by atoms with Crippen LogP contribution in [-0.4, -0.2) is 18.8 Å². The first-order valence-electron chi connectivity index (χ1n) is 4.35. The lowest BCUT2D eigenvalue weighted by Crippen LogP contribution is -2.51. The maximum atomic E-state index is 4.62. The Bertz CT molecular complexity index is 108. The van der Waals surface area contributed by atoms with Crippen LogP contribution in [0.15, 0.2) is 0 Å². The van der Waals surface area contributed by atoms with Gasteiger partial charge in [0.1, 0.15) is 0 Å². The van der Waals surface area contributed by atoms with Crippen LogP contribution >= 0.6 is 0 Å². The molecule has 1 N–H and O–H groups in total. The first-order valence-corrected chi connectivity index (χ1v) is 4.35. The number of nitrogens with one attached hydrogen (secondary N) is 1.